The molecule has 2 atom stereocenters. The molecule has 2 aromatic rings. The molecule has 1 aliphatic rings. The van der Waals surface area contributed by atoms with E-state index in [1.54, 1.807) is 19.3 Å². The molecule has 2 aromatic heterocycles. The van der Waals surface area contributed by atoms with Gasteiger partial charge in [0.05, 0.1) is 5.69 Å². The number of carboxylic acid groups (broad SMARTS) is 1. The van der Waals surface area contributed by atoms with Gasteiger partial charge in [0, 0.05) is 43.0 Å². The van der Waals surface area contributed by atoms with Gasteiger partial charge in [0.2, 0.25) is 5.56 Å². The van der Waals surface area contributed by atoms with E-state index >= 15 is 0 Å². The highest BCUT2D eigenvalue weighted by Gasteiger charge is 2.28. The van der Waals surface area contributed by atoms with E-state index in [0.717, 1.165) is 30.6 Å². The van der Waals surface area contributed by atoms with Crippen LogP contribution in [0.15, 0.2) is 29.2 Å². The second-order valence-corrected chi connectivity index (χ2v) is 5.86. The number of aromatic nitrogens is 3. The average molecular weight is 317 g/mol. The number of hydrogen-bond acceptors (Lipinski definition) is 4. The SMILES string of the molecule is Cn1cc(Nc2cc([C@H]3CCC(NC(=O)O)C3)[nH]n2)ccc1=O. The number of aromatic amines is 1. The van der Waals surface area contributed by atoms with Crippen LogP contribution in [0.25, 0.3) is 0 Å². The van der Waals surface area contributed by atoms with Crippen molar-refractivity contribution in [2.45, 2.75) is 31.2 Å². The summed E-state index contributed by atoms with van der Waals surface area (Å²) in [7, 11) is 1.69. The highest BCUT2D eigenvalue weighted by molar-refractivity contribution is 5.65. The van der Waals surface area contributed by atoms with Crippen LogP contribution in [-0.2, 0) is 7.05 Å². The first-order chi connectivity index (χ1) is 11.0. The lowest BCUT2D eigenvalue weighted by atomic mass is 10.0. The predicted octanol–water partition coefficient (Wildman–Crippen LogP) is 1.76. The first kappa shape index (κ1) is 15.1. The Morgan fingerprint density at radius 3 is 3.00 bits per heavy atom. The van der Waals surface area contributed by atoms with Crippen molar-refractivity contribution in [3.63, 3.8) is 0 Å². The molecule has 1 fully saturated rings. The summed E-state index contributed by atoms with van der Waals surface area (Å²) in [4.78, 5) is 22.1. The summed E-state index contributed by atoms with van der Waals surface area (Å²) in [5, 5.41) is 21.7. The number of H-pyrrole nitrogens is 1. The van der Waals surface area contributed by atoms with Gasteiger partial charge in [-0.15, -0.1) is 0 Å². The number of nitrogens with one attached hydrogen (secondary N) is 3. The number of anilines is 2. The van der Waals surface area contributed by atoms with E-state index in [2.05, 4.69) is 20.8 Å². The molecule has 8 nitrogen and oxygen atoms in total. The van der Waals surface area contributed by atoms with E-state index in [1.807, 2.05) is 6.07 Å². The second kappa shape index (κ2) is 6.15. The first-order valence-corrected chi connectivity index (χ1v) is 7.50. The summed E-state index contributed by atoms with van der Waals surface area (Å²) in [6.07, 6.45) is 3.26. The number of aryl methyl sites for hydroxylation is 1. The fourth-order valence-corrected chi connectivity index (χ4v) is 3.00. The Labute approximate surface area is 132 Å². The van der Waals surface area contributed by atoms with Gasteiger partial charge in [-0.05, 0) is 25.3 Å². The second-order valence-electron chi connectivity index (χ2n) is 5.86. The molecule has 1 saturated carbocycles. The van der Waals surface area contributed by atoms with Crippen LogP contribution in [0.3, 0.4) is 0 Å². The van der Waals surface area contributed by atoms with Crippen LogP contribution in [0, 0.1) is 0 Å². The molecule has 2 heterocycles. The third kappa shape index (κ3) is 3.53. The molecule has 0 aliphatic heterocycles. The van der Waals surface area contributed by atoms with Crippen molar-refractivity contribution >= 4 is 17.6 Å². The highest BCUT2D eigenvalue weighted by Crippen LogP contribution is 2.34. The van der Waals surface area contributed by atoms with Crippen LogP contribution in [0.1, 0.15) is 30.9 Å². The third-order valence-electron chi connectivity index (χ3n) is 4.16. The summed E-state index contributed by atoms with van der Waals surface area (Å²) >= 11 is 0. The number of carbonyl (C=O) groups is 1. The fraction of sp³-hybridized carbons (Fsp3) is 0.400. The van der Waals surface area contributed by atoms with Gasteiger partial charge in [0.25, 0.3) is 0 Å². The monoisotopic (exact) mass is 317 g/mol. The highest BCUT2D eigenvalue weighted by atomic mass is 16.4. The van der Waals surface area contributed by atoms with Gasteiger partial charge in [-0.1, -0.05) is 0 Å². The molecule has 122 valence electrons. The van der Waals surface area contributed by atoms with Gasteiger partial charge < -0.3 is 20.3 Å². The fourth-order valence-electron chi connectivity index (χ4n) is 3.00. The van der Waals surface area contributed by atoms with E-state index in [4.69, 9.17) is 5.11 Å². The van der Waals surface area contributed by atoms with Gasteiger partial charge in [-0.2, -0.15) is 5.10 Å². The van der Waals surface area contributed by atoms with Crippen molar-refractivity contribution in [1.29, 1.82) is 0 Å². The van der Waals surface area contributed by atoms with Crippen LogP contribution in [0.5, 0.6) is 0 Å². The van der Waals surface area contributed by atoms with Crippen molar-refractivity contribution < 1.29 is 9.90 Å². The maximum Gasteiger partial charge on any atom is 0.404 e. The maximum absolute atomic E-state index is 11.4. The Balaban J connectivity index is 1.65. The minimum Gasteiger partial charge on any atom is -0.465 e. The van der Waals surface area contributed by atoms with Crippen molar-refractivity contribution in [2.24, 2.45) is 7.05 Å². The summed E-state index contributed by atoms with van der Waals surface area (Å²) in [6.45, 7) is 0. The minimum absolute atomic E-state index is 0.000794. The molecular weight excluding hydrogens is 298 g/mol. The normalized spacial score (nSPS) is 20.4. The zero-order chi connectivity index (χ0) is 16.4. The Hall–Kier alpha value is -2.77. The first-order valence-electron chi connectivity index (χ1n) is 7.50. The summed E-state index contributed by atoms with van der Waals surface area (Å²) in [5.74, 6) is 0.948. The van der Waals surface area contributed by atoms with Gasteiger partial charge in [-0.3, -0.25) is 9.89 Å². The Bertz CT molecular complexity index is 766. The zero-order valence-corrected chi connectivity index (χ0v) is 12.7. The van der Waals surface area contributed by atoms with Crippen molar-refractivity contribution in [1.82, 2.24) is 20.1 Å². The molecule has 1 unspecified atom stereocenters. The van der Waals surface area contributed by atoms with Crippen LogP contribution in [0.4, 0.5) is 16.3 Å². The van der Waals surface area contributed by atoms with Gasteiger partial charge >= 0.3 is 6.09 Å². The molecule has 0 saturated heterocycles. The smallest absolute Gasteiger partial charge is 0.404 e. The van der Waals surface area contributed by atoms with Crippen LogP contribution in [-0.4, -0.2) is 32.0 Å². The lowest BCUT2D eigenvalue weighted by Crippen LogP contribution is -2.31. The quantitative estimate of drug-likeness (QED) is 0.686. The minimum atomic E-state index is -0.975. The van der Waals surface area contributed by atoms with E-state index in [9.17, 15) is 9.59 Å². The van der Waals surface area contributed by atoms with E-state index in [0.29, 0.717) is 5.82 Å². The molecule has 23 heavy (non-hydrogen) atoms. The predicted molar refractivity (Wildman–Crippen MR) is 85.1 cm³/mol. The van der Waals surface area contributed by atoms with E-state index in [1.165, 1.54) is 10.6 Å². The van der Waals surface area contributed by atoms with Crippen molar-refractivity contribution in [3.8, 4) is 0 Å². The molecule has 1 amide bonds. The van der Waals surface area contributed by atoms with Crippen LogP contribution < -0.4 is 16.2 Å². The van der Waals surface area contributed by atoms with Gasteiger partial charge in [0.1, 0.15) is 0 Å². The lowest BCUT2D eigenvalue weighted by Gasteiger charge is -2.09. The average Bonchev–Trinajstić information content (AvgIpc) is 3.11. The molecule has 0 spiro atoms. The maximum atomic E-state index is 11.4. The molecular formula is C15H19N5O3. The van der Waals surface area contributed by atoms with Gasteiger partial charge in [-0.25, -0.2) is 4.79 Å². The molecule has 8 heteroatoms. The lowest BCUT2D eigenvalue weighted by molar-refractivity contribution is 0.190. The Morgan fingerprint density at radius 1 is 1.43 bits per heavy atom. The van der Waals surface area contributed by atoms with Crippen LogP contribution in [0.2, 0.25) is 0 Å². The number of amides is 1. The molecule has 0 radical (unpaired) electrons. The molecule has 4 N–H and O–H groups in total. The number of rotatable bonds is 4. The topological polar surface area (TPSA) is 112 Å². The molecule has 3 rings (SSSR count). The van der Waals surface area contributed by atoms with Crippen LogP contribution >= 0.6 is 0 Å². The molecule has 0 aromatic carbocycles. The number of nitrogens with zero attached hydrogens (tertiary/aromatic N) is 2. The van der Waals surface area contributed by atoms with Crippen molar-refractivity contribution in [2.75, 3.05) is 5.32 Å². The summed E-state index contributed by atoms with van der Waals surface area (Å²) in [6, 6.07) is 5.13. The Morgan fingerprint density at radius 2 is 2.26 bits per heavy atom. The Kier molecular flexibility index (Phi) is 4.05. The molecule has 1 aliphatic carbocycles. The number of hydrogen-bond donors (Lipinski definition) is 4. The van der Waals surface area contributed by atoms with Gasteiger partial charge in [0.15, 0.2) is 5.82 Å². The standard InChI is InChI=1S/C15H19N5O3/c1-20-8-11(4-5-14(20)21)16-13-7-12(18-19-13)9-2-3-10(6-9)17-15(22)23/h4-5,7-10,17H,2-3,6H2,1H3,(H,22,23)(H2,16,18,19)/t9-,10?/m0/s1. The summed E-state index contributed by atoms with van der Waals surface area (Å²) < 4.78 is 1.50. The van der Waals surface area contributed by atoms with E-state index < -0.39 is 6.09 Å². The van der Waals surface area contributed by atoms with Crippen molar-refractivity contribution in [3.05, 3.63) is 40.4 Å². The number of pyridine rings is 1. The third-order valence-corrected chi connectivity index (χ3v) is 4.16. The zero-order valence-electron chi connectivity index (χ0n) is 12.7. The summed E-state index contributed by atoms with van der Waals surface area (Å²) in [5.41, 5.74) is 1.70. The van der Waals surface area contributed by atoms with E-state index in [-0.39, 0.29) is 17.5 Å². The largest absolute Gasteiger partial charge is 0.465 e. The molecule has 0 bridgehead atoms.